The van der Waals surface area contributed by atoms with Crippen molar-refractivity contribution in [1.29, 1.82) is 0 Å². The van der Waals surface area contributed by atoms with E-state index in [2.05, 4.69) is 10.8 Å². The summed E-state index contributed by atoms with van der Waals surface area (Å²) in [5, 5.41) is 0.431. The van der Waals surface area contributed by atoms with Crippen molar-refractivity contribution in [2.45, 2.75) is 25.9 Å². The number of carbonyl (C=O) groups is 1. The Morgan fingerprint density at radius 3 is 2.52 bits per heavy atom. The summed E-state index contributed by atoms with van der Waals surface area (Å²) in [6, 6.07) is 4.99. The number of methoxy groups -OCH3 is 2. The number of ether oxygens (including phenoxy) is 3. The van der Waals surface area contributed by atoms with Crippen molar-refractivity contribution in [2.75, 3.05) is 21.3 Å². The first-order valence-electron chi connectivity index (χ1n) is 7.32. The van der Waals surface area contributed by atoms with Crippen LogP contribution in [0, 0.1) is 0 Å². The zero-order valence-corrected chi connectivity index (χ0v) is 14.7. The fourth-order valence-corrected chi connectivity index (χ4v) is 2.42. The molecule has 0 saturated heterocycles. The van der Waals surface area contributed by atoms with Crippen LogP contribution in [0.3, 0.4) is 0 Å². The lowest BCUT2D eigenvalue weighted by atomic mass is 10.0. The molecule has 0 bridgehead atoms. The van der Waals surface area contributed by atoms with Gasteiger partial charge in [0.1, 0.15) is 23.9 Å². The van der Waals surface area contributed by atoms with Crippen LogP contribution in [0.4, 0.5) is 0 Å². The maximum Gasteiger partial charge on any atom is 0.150 e. The van der Waals surface area contributed by atoms with E-state index in [1.807, 2.05) is 13.0 Å². The Morgan fingerprint density at radius 2 is 1.96 bits per heavy atom. The fourth-order valence-electron chi connectivity index (χ4n) is 2.18. The number of benzene rings is 1. The number of aldehydes is 1. The zero-order chi connectivity index (χ0) is 17.2. The third-order valence-electron chi connectivity index (χ3n) is 3.24. The average molecular weight is 339 g/mol. The van der Waals surface area contributed by atoms with Gasteiger partial charge >= 0.3 is 0 Å². The lowest BCUT2D eigenvalue weighted by Crippen LogP contribution is -2.18. The second-order valence-corrected chi connectivity index (χ2v) is 5.41. The molecule has 0 N–H and O–H groups in total. The Morgan fingerprint density at radius 1 is 1.26 bits per heavy atom. The molecule has 0 amide bonds. The number of allylic oxidation sites excluding steroid dienone is 2. The average Bonchev–Trinajstić information content (AvgIpc) is 2.57. The summed E-state index contributed by atoms with van der Waals surface area (Å²) in [6.45, 7) is 1.95. The minimum atomic E-state index is -0.166. The Kier molecular flexibility index (Phi) is 8.45. The van der Waals surface area contributed by atoms with E-state index in [1.54, 1.807) is 39.5 Å². The van der Waals surface area contributed by atoms with Gasteiger partial charge in [0.05, 0.1) is 12.1 Å². The maximum absolute atomic E-state index is 10.7. The molecule has 1 aromatic rings. The van der Waals surface area contributed by atoms with Crippen LogP contribution in [-0.4, -0.2) is 33.7 Å². The highest BCUT2D eigenvalue weighted by Crippen LogP contribution is 2.29. The van der Waals surface area contributed by atoms with Gasteiger partial charge in [-0.15, -0.1) is 0 Å². The molecule has 23 heavy (non-hydrogen) atoms. The van der Waals surface area contributed by atoms with E-state index in [-0.39, 0.29) is 6.10 Å². The molecule has 0 heterocycles. The summed E-state index contributed by atoms with van der Waals surface area (Å²) in [5.41, 5.74) is 1.55. The molecule has 0 spiro atoms. The van der Waals surface area contributed by atoms with E-state index in [9.17, 15) is 4.79 Å². The Balaban J connectivity index is 0.000000816. The minimum absolute atomic E-state index is 0.166. The summed E-state index contributed by atoms with van der Waals surface area (Å²) in [4.78, 5) is 10.7. The molecule has 0 radical (unpaired) electrons. The van der Waals surface area contributed by atoms with Gasteiger partial charge in [0.15, 0.2) is 0 Å². The van der Waals surface area contributed by atoms with E-state index < -0.39 is 0 Å². The highest BCUT2D eigenvalue weighted by molar-refractivity contribution is 6.32. The van der Waals surface area contributed by atoms with Crippen molar-refractivity contribution in [1.82, 2.24) is 0 Å². The van der Waals surface area contributed by atoms with Crippen molar-refractivity contribution in [3.05, 3.63) is 52.3 Å². The monoisotopic (exact) mass is 338 g/mol. The van der Waals surface area contributed by atoms with Crippen LogP contribution in [-0.2, 0) is 9.47 Å². The molecule has 5 heteroatoms. The number of halogens is 1. The van der Waals surface area contributed by atoms with E-state index in [1.165, 1.54) is 0 Å². The summed E-state index contributed by atoms with van der Waals surface area (Å²) in [5.74, 6) is 1.51. The van der Waals surface area contributed by atoms with Crippen molar-refractivity contribution in [2.24, 2.45) is 0 Å². The maximum atomic E-state index is 10.7. The molecule has 0 saturated carbocycles. The van der Waals surface area contributed by atoms with Crippen LogP contribution in [0.1, 0.15) is 30.1 Å². The quantitative estimate of drug-likeness (QED) is 0.745. The van der Waals surface area contributed by atoms with Crippen LogP contribution >= 0.6 is 11.6 Å². The highest BCUT2D eigenvalue weighted by atomic mass is 35.5. The Hall–Kier alpha value is -1.78. The Labute approximate surface area is 142 Å². The van der Waals surface area contributed by atoms with Gasteiger partial charge in [0.25, 0.3) is 0 Å². The molecule has 1 aromatic carbocycles. The van der Waals surface area contributed by atoms with E-state index >= 15 is 0 Å². The first-order valence-corrected chi connectivity index (χ1v) is 7.70. The van der Waals surface area contributed by atoms with Crippen LogP contribution < -0.4 is 4.74 Å². The van der Waals surface area contributed by atoms with Crippen molar-refractivity contribution >= 4 is 17.9 Å². The number of carbonyl (C=O) groups excluding carboxylic acids is 1. The summed E-state index contributed by atoms with van der Waals surface area (Å²) >= 11 is 6.11. The van der Waals surface area contributed by atoms with Crippen LogP contribution in [0.2, 0.25) is 5.02 Å². The van der Waals surface area contributed by atoms with Crippen LogP contribution in [0.15, 0.2) is 41.7 Å². The van der Waals surface area contributed by atoms with Gasteiger partial charge in [-0.3, -0.25) is 4.79 Å². The SMILES string of the molecule is COC.COC1=C(C(C)Oc2ccc(C=O)cc2Cl)C=CCC1. The predicted molar refractivity (Wildman–Crippen MR) is 92.3 cm³/mol. The summed E-state index contributed by atoms with van der Waals surface area (Å²) < 4.78 is 15.5. The third kappa shape index (κ3) is 5.73. The number of rotatable bonds is 5. The Bertz CT molecular complexity index is 578. The smallest absolute Gasteiger partial charge is 0.150 e. The standard InChI is InChI=1S/C16H17ClO3.C2H6O/c1-11(13-5-3-4-6-15(13)19-2)20-16-8-7-12(10-18)9-14(16)17;1-3-2/h3,5,7-11H,4,6H2,1-2H3;1-2H3. The van der Waals surface area contributed by atoms with Gasteiger partial charge < -0.3 is 14.2 Å². The molecule has 1 aliphatic carbocycles. The van der Waals surface area contributed by atoms with E-state index in [0.29, 0.717) is 16.3 Å². The third-order valence-corrected chi connectivity index (χ3v) is 3.53. The zero-order valence-electron chi connectivity index (χ0n) is 14.0. The van der Waals surface area contributed by atoms with Crippen molar-refractivity contribution in [3.63, 3.8) is 0 Å². The number of hydrogen-bond acceptors (Lipinski definition) is 4. The van der Waals surface area contributed by atoms with E-state index in [0.717, 1.165) is 30.5 Å². The van der Waals surface area contributed by atoms with Crippen molar-refractivity contribution < 1.29 is 19.0 Å². The van der Waals surface area contributed by atoms with Gasteiger partial charge in [0.2, 0.25) is 0 Å². The minimum Gasteiger partial charge on any atom is -0.501 e. The molecule has 2 rings (SSSR count). The lowest BCUT2D eigenvalue weighted by molar-refractivity contribution is 0.112. The van der Waals surface area contributed by atoms with Gasteiger partial charge in [-0.1, -0.05) is 23.8 Å². The van der Waals surface area contributed by atoms with Gasteiger partial charge in [-0.05, 0) is 31.5 Å². The van der Waals surface area contributed by atoms with Crippen LogP contribution in [0.25, 0.3) is 0 Å². The van der Waals surface area contributed by atoms with Crippen LogP contribution in [0.5, 0.6) is 5.75 Å². The molecule has 126 valence electrons. The lowest BCUT2D eigenvalue weighted by Gasteiger charge is -2.22. The second-order valence-electron chi connectivity index (χ2n) is 5.00. The number of hydrogen-bond donors (Lipinski definition) is 0. The predicted octanol–water partition coefficient (Wildman–Crippen LogP) is 4.43. The molecule has 0 fully saturated rings. The molecule has 1 atom stereocenters. The first kappa shape index (κ1) is 19.3. The molecular formula is C18H23ClO4. The van der Waals surface area contributed by atoms with Gasteiger partial charge in [-0.2, -0.15) is 0 Å². The fraction of sp³-hybridized carbons (Fsp3) is 0.389. The van der Waals surface area contributed by atoms with Gasteiger partial charge in [-0.25, -0.2) is 0 Å². The van der Waals surface area contributed by atoms with E-state index in [4.69, 9.17) is 21.1 Å². The molecule has 1 unspecified atom stereocenters. The largest absolute Gasteiger partial charge is 0.501 e. The highest BCUT2D eigenvalue weighted by Gasteiger charge is 2.18. The normalized spacial score (nSPS) is 14.7. The molecule has 1 aliphatic rings. The molecule has 0 aliphatic heterocycles. The summed E-state index contributed by atoms with van der Waals surface area (Å²) in [6.07, 6.45) is 6.59. The molecule has 4 nitrogen and oxygen atoms in total. The second kappa shape index (κ2) is 10.1. The topological polar surface area (TPSA) is 44.8 Å². The molecule has 0 aromatic heterocycles. The van der Waals surface area contributed by atoms with Crippen molar-refractivity contribution in [3.8, 4) is 5.75 Å². The molecular weight excluding hydrogens is 316 g/mol. The summed E-state index contributed by atoms with van der Waals surface area (Å²) in [7, 11) is 4.92. The van der Waals surface area contributed by atoms with Gasteiger partial charge in [0, 0.05) is 31.8 Å². The first-order chi connectivity index (χ1) is 11.1.